The van der Waals surface area contributed by atoms with Gasteiger partial charge in [0.25, 0.3) is 0 Å². The molecule has 2 aliphatic rings. The molecule has 2 atom stereocenters. The maximum Gasteiger partial charge on any atom is 0.419 e. The number of ether oxygens (including phenoxy) is 1. The van der Waals surface area contributed by atoms with Crippen molar-refractivity contribution in [2.24, 2.45) is 11.8 Å². The van der Waals surface area contributed by atoms with Crippen LogP contribution in [0.5, 0.6) is 0 Å². The number of aromatic nitrogens is 4. The number of hydrogen-bond acceptors (Lipinski definition) is 8. The maximum absolute atomic E-state index is 13.2. The van der Waals surface area contributed by atoms with Crippen LogP contribution in [-0.2, 0) is 10.9 Å². The summed E-state index contributed by atoms with van der Waals surface area (Å²) in [6.45, 7) is 8.39. The number of carbonyl (C=O) groups is 1. The summed E-state index contributed by atoms with van der Waals surface area (Å²) in [5.41, 5.74) is 4.44. The van der Waals surface area contributed by atoms with E-state index in [1.54, 1.807) is 15.6 Å². The minimum Gasteiger partial charge on any atom is -0.444 e. The molecular formula is C21H24F3N7O2S. The fraction of sp³-hybridized carbons (Fsp3) is 0.524. The molecule has 0 spiro atoms. The largest absolute Gasteiger partial charge is 0.444 e. The van der Waals surface area contributed by atoms with E-state index in [0.29, 0.717) is 35.6 Å². The second-order valence-electron chi connectivity index (χ2n) is 9.70. The van der Waals surface area contributed by atoms with Crippen molar-refractivity contribution in [2.45, 2.75) is 32.5 Å². The number of nitrogen functional groups attached to an aromatic ring is 1. The van der Waals surface area contributed by atoms with Crippen LogP contribution >= 0.6 is 11.3 Å². The van der Waals surface area contributed by atoms with Crippen LogP contribution in [0, 0.1) is 11.8 Å². The van der Waals surface area contributed by atoms with E-state index in [1.807, 2.05) is 20.8 Å². The summed E-state index contributed by atoms with van der Waals surface area (Å²) in [6, 6.07) is 0.952. The van der Waals surface area contributed by atoms with E-state index in [-0.39, 0.29) is 11.7 Å². The van der Waals surface area contributed by atoms with Crippen molar-refractivity contribution >= 4 is 33.3 Å². The molecular weight excluding hydrogens is 471 g/mol. The number of anilines is 2. The van der Waals surface area contributed by atoms with Crippen molar-refractivity contribution in [2.75, 3.05) is 36.8 Å². The molecule has 0 saturated carbocycles. The van der Waals surface area contributed by atoms with Crippen molar-refractivity contribution < 1.29 is 22.7 Å². The first-order valence-electron chi connectivity index (χ1n) is 10.8. The van der Waals surface area contributed by atoms with Crippen molar-refractivity contribution in [3.8, 4) is 11.3 Å². The second kappa shape index (κ2) is 7.72. The zero-order valence-electron chi connectivity index (χ0n) is 18.8. The highest BCUT2D eigenvalue weighted by atomic mass is 32.1. The molecule has 0 radical (unpaired) electrons. The van der Waals surface area contributed by atoms with Crippen LogP contribution in [-0.4, -0.2) is 62.4 Å². The van der Waals surface area contributed by atoms with Crippen LogP contribution < -0.4 is 10.6 Å². The normalized spacial score (nSPS) is 20.9. The number of carbonyl (C=O) groups excluding carboxylic acids is 1. The van der Waals surface area contributed by atoms with Crippen LogP contribution in [0.1, 0.15) is 26.3 Å². The van der Waals surface area contributed by atoms with E-state index >= 15 is 0 Å². The summed E-state index contributed by atoms with van der Waals surface area (Å²) in [7, 11) is 0. The number of amides is 1. The monoisotopic (exact) mass is 495 g/mol. The van der Waals surface area contributed by atoms with Gasteiger partial charge < -0.3 is 20.3 Å². The van der Waals surface area contributed by atoms with Gasteiger partial charge in [0.2, 0.25) is 10.1 Å². The van der Waals surface area contributed by atoms with Crippen molar-refractivity contribution in [1.82, 2.24) is 24.5 Å². The van der Waals surface area contributed by atoms with Crippen LogP contribution in [0.25, 0.3) is 16.2 Å². The lowest BCUT2D eigenvalue weighted by atomic mass is 10.0. The van der Waals surface area contributed by atoms with Crippen molar-refractivity contribution in [3.63, 3.8) is 0 Å². The Labute approximate surface area is 197 Å². The Morgan fingerprint density at radius 3 is 2.44 bits per heavy atom. The van der Waals surface area contributed by atoms with E-state index in [2.05, 4.69) is 20.0 Å². The van der Waals surface area contributed by atoms with Crippen molar-refractivity contribution in [3.05, 3.63) is 24.0 Å². The summed E-state index contributed by atoms with van der Waals surface area (Å²) in [5, 5.41) is 5.38. The number of halogens is 3. The van der Waals surface area contributed by atoms with Gasteiger partial charge in [-0.1, -0.05) is 11.3 Å². The minimum absolute atomic E-state index is 0.221. The van der Waals surface area contributed by atoms with Crippen molar-refractivity contribution in [1.29, 1.82) is 0 Å². The summed E-state index contributed by atoms with van der Waals surface area (Å²) in [6.07, 6.45) is -2.01. The standard InChI is InChI=1S/C21H24F3N7O2S/c1-20(2,3)33-19(32)30-8-12-6-29(7-13(12)9-30)18-28-31-10-15(27-17(31)34-18)11-4-14(21(22,23)24)16(25)26-5-11/h4-5,10,12-13H,6-9H2,1-3H3,(H2,25,26). The molecule has 13 heteroatoms. The van der Waals surface area contributed by atoms with Gasteiger partial charge in [0.05, 0.1) is 17.5 Å². The summed E-state index contributed by atoms with van der Waals surface area (Å²) < 4.78 is 46.5. The molecule has 0 aromatic carbocycles. The highest BCUT2D eigenvalue weighted by Gasteiger charge is 2.43. The molecule has 5 heterocycles. The van der Waals surface area contributed by atoms with Gasteiger partial charge in [-0.15, -0.1) is 5.10 Å². The molecule has 2 N–H and O–H groups in total. The van der Waals surface area contributed by atoms with Crippen LogP contribution in [0.15, 0.2) is 18.5 Å². The highest BCUT2D eigenvalue weighted by Crippen LogP contribution is 2.38. The lowest BCUT2D eigenvalue weighted by Gasteiger charge is -2.25. The lowest BCUT2D eigenvalue weighted by Crippen LogP contribution is -2.37. The number of nitrogens with two attached hydrogens (primary N) is 1. The van der Waals surface area contributed by atoms with Gasteiger partial charge in [-0.05, 0) is 26.8 Å². The number of alkyl halides is 3. The Hall–Kier alpha value is -3.09. The van der Waals surface area contributed by atoms with E-state index < -0.39 is 23.2 Å². The number of imidazole rings is 1. The third-order valence-electron chi connectivity index (χ3n) is 5.96. The molecule has 0 bridgehead atoms. The first kappa shape index (κ1) is 22.7. The van der Waals surface area contributed by atoms with Crippen LogP contribution in [0.3, 0.4) is 0 Å². The van der Waals surface area contributed by atoms with E-state index in [1.165, 1.54) is 17.5 Å². The third-order valence-corrected chi connectivity index (χ3v) is 6.94. The fourth-order valence-corrected chi connectivity index (χ4v) is 5.33. The van der Waals surface area contributed by atoms with Crippen LogP contribution in [0.2, 0.25) is 0 Å². The average Bonchev–Trinajstić information content (AvgIpc) is 3.43. The minimum atomic E-state index is -4.59. The molecule has 5 rings (SSSR count). The lowest BCUT2D eigenvalue weighted by molar-refractivity contribution is -0.137. The fourth-order valence-electron chi connectivity index (χ4n) is 4.42. The molecule has 34 heavy (non-hydrogen) atoms. The molecule has 0 aliphatic carbocycles. The molecule has 182 valence electrons. The average molecular weight is 496 g/mol. The Morgan fingerprint density at radius 2 is 1.85 bits per heavy atom. The molecule has 2 saturated heterocycles. The van der Waals surface area contributed by atoms with Gasteiger partial charge in [-0.2, -0.15) is 13.2 Å². The van der Waals surface area contributed by atoms with Gasteiger partial charge in [0.1, 0.15) is 11.4 Å². The van der Waals surface area contributed by atoms with Gasteiger partial charge in [0, 0.05) is 49.8 Å². The topological polar surface area (TPSA) is 102 Å². The van der Waals surface area contributed by atoms with Gasteiger partial charge in [0.15, 0.2) is 0 Å². The predicted molar refractivity (Wildman–Crippen MR) is 121 cm³/mol. The zero-order chi connectivity index (χ0) is 24.4. The van der Waals surface area contributed by atoms with E-state index in [0.717, 1.165) is 24.3 Å². The summed E-state index contributed by atoms with van der Waals surface area (Å²) in [5.74, 6) is 0.101. The van der Waals surface area contributed by atoms with E-state index in [4.69, 9.17) is 10.5 Å². The number of hydrogen-bond donors (Lipinski definition) is 1. The maximum atomic E-state index is 13.2. The highest BCUT2D eigenvalue weighted by molar-refractivity contribution is 7.20. The zero-order valence-corrected chi connectivity index (χ0v) is 19.7. The molecule has 3 aromatic rings. The molecule has 2 unspecified atom stereocenters. The Bertz CT molecular complexity index is 1200. The molecule has 3 aromatic heterocycles. The summed E-state index contributed by atoms with van der Waals surface area (Å²) in [4.78, 5) is 25.0. The quantitative estimate of drug-likeness (QED) is 0.578. The SMILES string of the molecule is CC(C)(C)OC(=O)N1CC2CN(c3nn4cc(-c5cnc(N)c(C(F)(F)F)c5)nc4s3)CC2C1. The Morgan fingerprint density at radius 1 is 1.18 bits per heavy atom. The number of nitrogens with zero attached hydrogens (tertiary/aromatic N) is 6. The molecule has 2 aliphatic heterocycles. The molecule has 9 nitrogen and oxygen atoms in total. The number of pyridine rings is 1. The second-order valence-corrected chi connectivity index (χ2v) is 10.6. The number of fused-ring (bicyclic) bond motifs is 2. The molecule has 2 fully saturated rings. The first-order chi connectivity index (χ1) is 15.9. The Kier molecular flexibility index (Phi) is 5.15. The predicted octanol–water partition coefficient (Wildman–Crippen LogP) is 3.76. The first-order valence-corrected chi connectivity index (χ1v) is 11.6. The number of likely N-dealkylation sites (tertiary alicyclic amines) is 1. The smallest absolute Gasteiger partial charge is 0.419 e. The van der Waals surface area contributed by atoms with E-state index in [9.17, 15) is 18.0 Å². The number of rotatable bonds is 2. The van der Waals surface area contributed by atoms with Crippen LogP contribution in [0.4, 0.5) is 28.9 Å². The van der Waals surface area contributed by atoms with Gasteiger partial charge >= 0.3 is 12.3 Å². The third kappa shape index (κ3) is 4.24. The Balaban J connectivity index is 1.28. The molecule has 1 amide bonds. The summed E-state index contributed by atoms with van der Waals surface area (Å²) >= 11 is 1.37. The van der Waals surface area contributed by atoms with Gasteiger partial charge in [-0.25, -0.2) is 19.3 Å². The van der Waals surface area contributed by atoms with Gasteiger partial charge in [-0.3, -0.25) is 0 Å².